The van der Waals surface area contributed by atoms with E-state index in [4.69, 9.17) is 9.15 Å². The summed E-state index contributed by atoms with van der Waals surface area (Å²) < 4.78 is 10.4. The third-order valence-corrected chi connectivity index (χ3v) is 4.08. The van der Waals surface area contributed by atoms with Crippen LogP contribution < -0.4 is 5.32 Å². The minimum Gasteiger partial charge on any atom is -0.450 e. The Hall–Kier alpha value is -3.94. The molecule has 2 aromatic carbocycles. The van der Waals surface area contributed by atoms with Crippen molar-refractivity contribution in [3.05, 3.63) is 88.2 Å². The van der Waals surface area contributed by atoms with Crippen LogP contribution in [0.1, 0.15) is 16.1 Å². The molecular weight excluding hydrogens is 376 g/mol. The number of nitrogens with zero attached hydrogens (tertiary/aromatic N) is 1. The van der Waals surface area contributed by atoms with Crippen LogP contribution in [0.25, 0.3) is 11.3 Å². The molecule has 0 saturated carbocycles. The topological polar surface area (TPSA) is 112 Å². The van der Waals surface area contributed by atoms with E-state index in [9.17, 15) is 19.7 Å². The lowest BCUT2D eigenvalue weighted by Gasteiger charge is -2.06. The van der Waals surface area contributed by atoms with Crippen LogP contribution in [-0.2, 0) is 16.0 Å². The molecule has 0 atom stereocenters. The van der Waals surface area contributed by atoms with Gasteiger partial charge in [0.05, 0.1) is 4.92 Å². The number of hydrogen-bond acceptors (Lipinski definition) is 6. The molecule has 1 amide bonds. The van der Waals surface area contributed by atoms with E-state index in [1.54, 1.807) is 6.07 Å². The Morgan fingerprint density at radius 3 is 2.41 bits per heavy atom. The fourth-order valence-corrected chi connectivity index (χ4v) is 2.59. The van der Waals surface area contributed by atoms with Crippen molar-refractivity contribution < 1.29 is 23.7 Å². The Bertz CT molecular complexity index is 996. The number of nitro groups is 1. The van der Waals surface area contributed by atoms with Crippen LogP contribution in [-0.4, -0.2) is 30.0 Å². The summed E-state index contributed by atoms with van der Waals surface area (Å²) in [6.07, 6.45) is 0.678. The number of nitro benzene ring substituents is 1. The molecular formula is C21H18N2O6. The molecule has 0 bridgehead atoms. The summed E-state index contributed by atoms with van der Waals surface area (Å²) in [6, 6.07) is 18.4. The molecule has 0 spiro atoms. The number of carbonyl (C=O) groups excluding carboxylic acids is 2. The summed E-state index contributed by atoms with van der Waals surface area (Å²) >= 11 is 0. The highest BCUT2D eigenvalue weighted by Crippen LogP contribution is 2.24. The molecule has 1 N–H and O–H groups in total. The molecule has 0 aliphatic carbocycles. The Morgan fingerprint density at radius 2 is 1.72 bits per heavy atom. The number of esters is 1. The molecule has 0 unspecified atom stereocenters. The summed E-state index contributed by atoms with van der Waals surface area (Å²) in [5, 5.41) is 13.4. The third-order valence-electron chi connectivity index (χ3n) is 4.08. The summed E-state index contributed by atoms with van der Waals surface area (Å²) in [7, 11) is 0. The Kier molecular flexibility index (Phi) is 6.36. The third kappa shape index (κ3) is 5.52. The lowest BCUT2D eigenvalue weighted by atomic mass is 10.1. The average molecular weight is 394 g/mol. The maximum atomic E-state index is 12.0. The average Bonchev–Trinajstić information content (AvgIpc) is 3.23. The minimum absolute atomic E-state index is 0.0433. The molecule has 0 saturated heterocycles. The summed E-state index contributed by atoms with van der Waals surface area (Å²) in [6.45, 7) is 0.0205. The maximum Gasteiger partial charge on any atom is 0.374 e. The number of amides is 1. The number of carbonyl (C=O) groups is 2. The maximum absolute atomic E-state index is 12.0. The predicted molar refractivity (Wildman–Crippen MR) is 104 cm³/mol. The first kappa shape index (κ1) is 19.8. The molecule has 3 aromatic rings. The van der Waals surface area contributed by atoms with E-state index in [0.29, 0.717) is 24.3 Å². The van der Waals surface area contributed by atoms with Gasteiger partial charge in [-0.05, 0) is 36.2 Å². The van der Waals surface area contributed by atoms with E-state index in [1.807, 2.05) is 30.3 Å². The van der Waals surface area contributed by atoms with Crippen molar-refractivity contribution in [2.45, 2.75) is 6.42 Å². The molecule has 0 aliphatic rings. The Labute approximate surface area is 166 Å². The van der Waals surface area contributed by atoms with Crippen molar-refractivity contribution in [3.63, 3.8) is 0 Å². The fraction of sp³-hybridized carbons (Fsp3) is 0.143. The number of furan rings is 1. The molecule has 0 aliphatic heterocycles. The fourth-order valence-electron chi connectivity index (χ4n) is 2.59. The van der Waals surface area contributed by atoms with Gasteiger partial charge in [-0.2, -0.15) is 0 Å². The van der Waals surface area contributed by atoms with E-state index in [2.05, 4.69) is 5.32 Å². The van der Waals surface area contributed by atoms with Gasteiger partial charge in [0.25, 0.3) is 11.6 Å². The van der Waals surface area contributed by atoms with Gasteiger partial charge in [-0.1, -0.05) is 30.3 Å². The summed E-state index contributed by atoms with van der Waals surface area (Å²) in [4.78, 5) is 34.1. The van der Waals surface area contributed by atoms with E-state index >= 15 is 0 Å². The van der Waals surface area contributed by atoms with Gasteiger partial charge in [0, 0.05) is 24.2 Å². The molecule has 29 heavy (non-hydrogen) atoms. The molecule has 1 aromatic heterocycles. The van der Waals surface area contributed by atoms with E-state index in [0.717, 1.165) is 5.56 Å². The monoisotopic (exact) mass is 394 g/mol. The second-order valence-corrected chi connectivity index (χ2v) is 6.13. The van der Waals surface area contributed by atoms with Crippen molar-refractivity contribution in [1.29, 1.82) is 0 Å². The first-order valence-corrected chi connectivity index (χ1v) is 8.85. The van der Waals surface area contributed by atoms with Crippen LogP contribution >= 0.6 is 0 Å². The second kappa shape index (κ2) is 9.32. The SMILES string of the molecule is O=C(COC(=O)c1ccc(-c2ccc([N+](=O)[O-])cc2)o1)NCCc1ccccc1. The zero-order valence-corrected chi connectivity index (χ0v) is 15.4. The lowest BCUT2D eigenvalue weighted by Crippen LogP contribution is -2.30. The molecule has 0 radical (unpaired) electrons. The van der Waals surface area contributed by atoms with Crippen molar-refractivity contribution >= 4 is 17.6 Å². The van der Waals surface area contributed by atoms with E-state index < -0.39 is 23.4 Å². The smallest absolute Gasteiger partial charge is 0.374 e. The quantitative estimate of drug-likeness (QED) is 0.356. The van der Waals surface area contributed by atoms with Crippen LogP contribution in [0.4, 0.5) is 5.69 Å². The van der Waals surface area contributed by atoms with Gasteiger partial charge in [0.15, 0.2) is 6.61 Å². The van der Waals surface area contributed by atoms with Gasteiger partial charge < -0.3 is 14.5 Å². The standard InChI is InChI=1S/C21H18N2O6/c24-20(22-13-12-15-4-2-1-3-5-15)14-28-21(25)19-11-10-18(29-19)16-6-8-17(9-7-16)23(26)27/h1-11H,12-14H2,(H,22,24). The Morgan fingerprint density at radius 1 is 1.00 bits per heavy atom. The number of nitrogens with one attached hydrogen (secondary N) is 1. The number of non-ortho nitro benzene ring substituents is 1. The number of rotatable bonds is 8. The van der Waals surface area contributed by atoms with Crippen LogP contribution in [0.3, 0.4) is 0 Å². The highest BCUT2D eigenvalue weighted by Gasteiger charge is 2.16. The van der Waals surface area contributed by atoms with Crippen LogP contribution in [0.15, 0.2) is 71.1 Å². The van der Waals surface area contributed by atoms with E-state index in [1.165, 1.54) is 30.3 Å². The first-order valence-electron chi connectivity index (χ1n) is 8.85. The van der Waals surface area contributed by atoms with Crippen LogP contribution in [0.2, 0.25) is 0 Å². The van der Waals surface area contributed by atoms with Crippen LogP contribution in [0, 0.1) is 10.1 Å². The minimum atomic E-state index is -0.767. The lowest BCUT2D eigenvalue weighted by molar-refractivity contribution is -0.384. The molecule has 1 heterocycles. The number of benzene rings is 2. The van der Waals surface area contributed by atoms with Gasteiger partial charge in [0.2, 0.25) is 5.76 Å². The Balaban J connectivity index is 1.47. The zero-order valence-electron chi connectivity index (χ0n) is 15.4. The molecule has 3 rings (SSSR count). The summed E-state index contributed by atoms with van der Waals surface area (Å²) in [5.74, 6) is -0.873. The predicted octanol–water partition coefficient (Wildman–Crippen LogP) is 3.37. The van der Waals surface area contributed by atoms with E-state index in [-0.39, 0.29) is 11.4 Å². The zero-order chi connectivity index (χ0) is 20.6. The van der Waals surface area contributed by atoms with Crippen molar-refractivity contribution in [1.82, 2.24) is 5.32 Å². The highest BCUT2D eigenvalue weighted by molar-refractivity contribution is 5.89. The van der Waals surface area contributed by atoms with Crippen LogP contribution in [0.5, 0.6) is 0 Å². The van der Waals surface area contributed by atoms with Gasteiger partial charge in [-0.15, -0.1) is 0 Å². The number of ether oxygens (including phenoxy) is 1. The normalized spacial score (nSPS) is 10.3. The van der Waals surface area contributed by atoms with Crippen molar-refractivity contribution in [3.8, 4) is 11.3 Å². The summed E-state index contributed by atoms with van der Waals surface area (Å²) in [5.41, 5.74) is 1.63. The highest BCUT2D eigenvalue weighted by atomic mass is 16.6. The van der Waals surface area contributed by atoms with Gasteiger partial charge in [-0.3, -0.25) is 14.9 Å². The molecule has 0 fully saturated rings. The van der Waals surface area contributed by atoms with Crippen molar-refractivity contribution in [2.75, 3.05) is 13.2 Å². The molecule has 148 valence electrons. The van der Waals surface area contributed by atoms with Gasteiger partial charge >= 0.3 is 5.97 Å². The first-order chi connectivity index (χ1) is 14.0. The second-order valence-electron chi connectivity index (χ2n) is 6.13. The number of hydrogen-bond donors (Lipinski definition) is 1. The molecule has 8 nitrogen and oxygen atoms in total. The largest absolute Gasteiger partial charge is 0.450 e. The van der Waals surface area contributed by atoms with Crippen molar-refractivity contribution in [2.24, 2.45) is 0 Å². The van der Waals surface area contributed by atoms with Gasteiger partial charge in [-0.25, -0.2) is 4.79 Å². The van der Waals surface area contributed by atoms with Gasteiger partial charge in [0.1, 0.15) is 5.76 Å². The molecule has 8 heteroatoms.